The summed E-state index contributed by atoms with van der Waals surface area (Å²) >= 11 is 1.62. The van der Waals surface area contributed by atoms with E-state index in [9.17, 15) is 4.79 Å². The van der Waals surface area contributed by atoms with E-state index in [1.165, 1.54) is 6.26 Å². The van der Waals surface area contributed by atoms with Gasteiger partial charge in [-0.3, -0.25) is 4.79 Å². The highest BCUT2D eigenvalue weighted by Crippen LogP contribution is 2.18. The van der Waals surface area contributed by atoms with Crippen LogP contribution in [0.5, 0.6) is 0 Å². The fraction of sp³-hybridized carbons (Fsp3) is 0.182. The number of hydrogen-bond donors (Lipinski definition) is 1. The fourth-order valence-corrected chi connectivity index (χ4v) is 2.02. The van der Waals surface area contributed by atoms with Gasteiger partial charge in [0.25, 0.3) is 5.91 Å². The highest BCUT2D eigenvalue weighted by atomic mass is 32.1. The van der Waals surface area contributed by atoms with Crippen molar-refractivity contribution < 1.29 is 9.21 Å². The van der Waals surface area contributed by atoms with Crippen LogP contribution in [0.25, 0.3) is 0 Å². The Kier molecular flexibility index (Phi) is 2.87. The molecule has 0 aromatic carbocycles. The summed E-state index contributed by atoms with van der Waals surface area (Å²) < 4.78 is 5.00. The Labute approximate surface area is 91.7 Å². The molecule has 2 aromatic heterocycles. The monoisotopic (exact) mass is 221 g/mol. The Hall–Kier alpha value is -1.55. The van der Waals surface area contributed by atoms with Crippen molar-refractivity contribution in [3.05, 3.63) is 46.5 Å². The van der Waals surface area contributed by atoms with Gasteiger partial charge in [0.15, 0.2) is 5.76 Å². The summed E-state index contributed by atoms with van der Waals surface area (Å²) in [5, 5.41) is 4.85. The molecule has 78 valence electrons. The molecule has 0 aliphatic carbocycles. The predicted molar refractivity (Wildman–Crippen MR) is 58.9 cm³/mol. The van der Waals surface area contributed by atoms with E-state index in [0.29, 0.717) is 5.76 Å². The van der Waals surface area contributed by atoms with Crippen LogP contribution in [0.1, 0.15) is 28.4 Å². The molecule has 2 heterocycles. The number of furan rings is 1. The van der Waals surface area contributed by atoms with Crippen LogP contribution in [0.4, 0.5) is 0 Å². The molecule has 0 bridgehead atoms. The summed E-state index contributed by atoms with van der Waals surface area (Å²) in [6, 6.07) is 7.33. The first kappa shape index (κ1) is 9.98. The molecule has 0 aliphatic heterocycles. The van der Waals surface area contributed by atoms with Crippen molar-refractivity contribution in [2.75, 3.05) is 0 Å². The lowest BCUT2D eigenvalue weighted by Crippen LogP contribution is -2.25. The molecule has 0 saturated carbocycles. The summed E-state index contributed by atoms with van der Waals surface area (Å²) in [7, 11) is 0. The van der Waals surface area contributed by atoms with Crippen LogP contribution >= 0.6 is 11.3 Å². The van der Waals surface area contributed by atoms with Crippen LogP contribution in [-0.2, 0) is 0 Å². The maximum atomic E-state index is 11.6. The number of rotatable bonds is 3. The molecule has 1 unspecified atom stereocenters. The lowest BCUT2D eigenvalue weighted by Gasteiger charge is -2.10. The molecule has 0 radical (unpaired) electrons. The zero-order valence-corrected chi connectivity index (χ0v) is 9.08. The van der Waals surface area contributed by atoms with Crippen molar-refractivity contribution in [2.45, 2.75) is 13.0 Å². The van der Waals surface area contributed by atoms with Crippen LogP contribution < -0.4 is 5.32 Å². The molecular weight excluding hydrogens is 210 g/mol. The first-order valence-corrected chi connectivity index (χ1v) is 5.53. The third kappa shape index (κ3) is 2.27. The molecule has 1 amide bonds. The Morgan fingerprint density at radius 2 is 2.33 bits per heavy atom. The summed E-state index contributed by atoms with van der Waals surface area (Å²) in [4.78, 5) is 12.7. The minimum absolute atomic E-state index is 0.0163. The average molecular weight is 221 g/mol. The van der Waals surface area contributed by atoms with E-state index in [4.69, 9.17) is 4.42 Å². The highest BCUT2D eigenvalue weighted by Gasteiger charge is 2.13. The molecule has 0 fully saturated rings. The number of carbonyl (C=O) groups is 1. The molecule has 0 aliphatic rings. The minimum atomic E-state index is -0.180. The lowest BCUT2D eigenvalue weighted by molar-refractivity contribution is 0.0912. The zero-order chi connectivity index (χ0) is 10.7. The predicted octanol–water partition coefficient (Wildman–Crippen LogP) is 2.83. The van der Waals surface area contributed by atoms with Gasteiger partial charge >= 0.3 is 0 Å². The van der Waals surface area contributed by atoms with Crippen molar-refractivity contribution in [2.24, 2.45) is 0 Å². The van der Waals surface area contributed by atoms with Crippen molar-refractivity contribution >= 4 is 17.2 Å². The van der Waals surface area contributed by atoms with Gasteiger partial charge in [-0.05, 0) is 30.5 Å². The third-order valence-corrected chi connectivity index (χ3v) is 3.12. The van der Waals surface area contributed by atoms with Gasteiger partial charge in [0.05, 0.1) is 12.3 Å². The van der Waals surface area contributed by atoms with Crippen LogP contribution in [0, 0.1) is 0 Å². The van der Waals surface area contributed by atoms with E-state index in [-0.39, 0.29) is 11.9 Å². The van der Waals surface area contributed by atoms with Gasteiger partial charge in [-0.2, -0.15) is 0 Å². The smallest absolute Gasteiger partial charge is 0.287 e. The van der Waals surface area contributed by atoms with E-state index in [1.807, 2.05) is 24.4 Å². The van der Waals surface area contributed by atoms with Gasteiger partial charge in [0.1, 0.15) is 0 Å². The van der Waals surface area contributed by atoms with E-state index >= 15 is 0 Å². The normalized spacial score (nSPS) is 12.3. The second-order valence-corrected chi connectivity index (χ2v) is 4.17. The van der Waals surface area contributed by atoms with Crippen LogP contribution in [0.2, 0.25) is 0 Å². The molecule has 3 nitrogen and oxygen atoms in total. The maximum absolute atomic E-state index is 11.6. The van der Waals surface area contributed by atoms with Gasteiger partial charge in [0.2, 0.25) is 0 Å². The molecule has 1 N–H and O–H groups in total. The van der Waals surface area contributed by atoms with E-state index in [0.717, 1.165) is 4.88 Å². The first-order valence-electron chi connectivity index (χ1n) is 4.65. The molecule has 2 aromatic rings. The topological polar surface area (TPSA) is 42.2 Å². The van der Waals surface area contributed by atoms with Crippen molar-refractivity contribution in [1.29, 1.82) is 0 Å². The Morgan fingerprint density at radius 1 is 1.47 bits per heavy atom. The summed E-state index contributed by atoms with van der Waals surface area (Å²) in [6.45, 7) is 1.95. The Morgan fingerprint density at radius 3 is 2.93 bits per heavy atom. The van der Waals surface area contributed by atoms with Crippen molar-refractivity contribution in [3.8, 4) is 0 Å². The second-order valence-electron chi connectivity index (χ2n) is 3.19. The van der Waals surface area contributed by atoms with Crippen LogP contribution in [0.3, 0.4) is 0 Å². The molecule has 15 heavy (non-hydrogen) atoms. The summed E-state index contributed by atoms with van der Waals surface area (Å²) in [5.41, 5.74) is 0. The number of carbonyl (C=O) groups excluding carboxylic acids is 1. The lowest BCUT2D eigenvalue weighted by atomic mass is 10.2. The van der Waals surface area contributed by atoms with E-state index in [1.54, 1.807) is 23.5 Å². The van der Waals surface area contributed by atoms with Crippen molar-refractivity contribution in [3.63, 3.8) is 0 Å². The highest BCUT2D eigenvalue weighted by molar-refractivity contribution is 7.10. The number of nitrogens with one attached hydrogen (secondary N) is 1. The molecule has 0 saturated heterocycles. The molecule has 4 heteroatoms. The maximum Gasteiger partial charge on any atom is 0.287 e. The largest absolute Gasteiger partial charge is 0.459 e. The van der Waals surface area contributed by atoms with Gasteiger partial charge in [-0.1, -0.05) is 6.07 Å². The standard InChI is InChI=1S/C11H11NO2S/c1-8(10-5-3-7-15-10)12-11(13)9-4-2-6-14-9/h2-8H,1H3,(H,12,13). The zero-order valence-electron chi connectivity index (χ0n) is 8.27. The Bertz CT molecular complexity index is 419. The van der Waals surface area contributed by atoms with Gasteiger partial charge in [-0.15, -0.1) is 11.3 Å². The fourth-order valence-electron chi connectivity index (χ4n) is 1.28. The van der Waals surface area contributed by atoms with E-state index in [2.05, 4.69) is 5.32 Å². The molecule has 0 spiro atoms. The molecule has 2 rings (SSSR count). The first-order chi connectivity index (χ1) is 7.27. The average Bonchev–Trinajstić information content (AvgIpc) is 2.91. The molecule has 1 atom stereocenters. The number of hydrogen-bond acceptors (Lipinski definition) is 3. The number of thiophene rings is 1. The minimum Gasteiger partial charge on any atom is -0.459 e. The summed E-state index contributed by atoms with van der Waals surface area (Å²) in [5.74, 6) is 0.166. The van der Waals surface area contributed by atoms with E-state index < -0.39 is 0 Å². The van der Waals surface area contributed by atoms with Gasteiger partial charge in [-0.25, -0.2) is 0 Å². The molecular formula is C11H11NO2S. The van der Waals surface area contributed by atoms with Gasteiger partial charge in [0, 0.05) is 4.88 Å². The van der Waals surface area contributed by atoms with Gasteiger partial charge < -0.3 is 9.73 Å². The Balaban J connectivity index is 2.01. The third-order valence-electron chi connectivity index (χ3n) is 2.06. The summed E-state index contributed by atoms with van der Waals surface area (Å²) in [6.07, 6.45) is 1.49. The van der Waals surface area contributed by atoms with Crippen LogP contribution in [0.15, 0.2) is 40.3 Å². The second kappa shape index (κ2) is 4.31. The number of amides is 1. The quantitative estimate of drug-likeness (QED) is 0.866. The van der Waals surface area contributed by atoms with Crippen molar-refractivity contribution in [1.82, 2.24) is 5.32 Å². The van der Waals surface area contributed by atoms with Crippen LogP contribution in [-0.4, -0.2) is 5.91 Å². The SMILES string of the molecule is CC(NC(=O)c1ccco1)c1cccs1.